The Labute approximate surface area is 144 Å². The molecule has 0 atom stereocenters. The minimum Gasteiger partial charge on any atom is -0.472 e. The van der Waals surface area contributed by atoms with Gasteiger partial charge in [0, 0.05) is 12.1 Å². The number of nitrogens with one attached hydrogen (secondary N) is 2. The summed E-state index contributed by atoms with van der Waals surface area (Å²) in [6, 6.07) is 17.4. The third-order valence-electron chi connectivity index (χ3n) is 4.12. The third-order valence-corrected chi connectivity index (χ3v) is 4.12. The van der Waals surface area contributed by atoms with Crippen molar-refractivity contribution in [2.75, 3.05) is 5.32 Å². The van der Waals surface area contributed by atoms with E-state index in [1.807, 2.05) is 48.5 Å². The van der Waals surface area contributed by atoms with E-state index < -0.39 is 0 Å². The fourth-order valence-electron chi connectivity index (χ4n) is 2.83. The molecule has 0 radical (unpaired) electrons. The van der Waals surface area contributed by atoms with Crippen LogP contribution in [-0.4, -0.2) is 15.9 Å². The number of benzene rings is 2. The first kappa shape index (κ1) is 15.2. The lowest BCUT2D eigenvalue weighted by Crippen LogP contribution is -2.12. The summed E-state index contributed by atoms with van der Waals surface area (Å²) in [7, 11) is 0. The lowest BCUT2D eigenvalue weighted by Gasteiger charge is -2.09. The van der Waals surface area contributed by atoms with Crippen molar-refractivity contribution in [1.29, 1.82) is 0 Å². The topological polar surface area (TPSA) is 70.9 Å². The highest BCUT2D eigenvalue weighted by Crippen LogP contribution is 2.19. The molecule has 124 valence electrons. The molecule has 0 saturated carbocycles. The second-order valence-electron chi connectivity index (χ2n) is 5.82. The van der Waals surface area contributed by atoms with Gasteiger partial charge in [-0.3, -0.25) is 4.79 Å². The Bertz CT molecular complexity index is 970. The molecule has 0 spiro atoms. The van der Waals surface area contributed by atoms with Gasteiger partial charge in [-0.2, -0.15) is 0 Å². The second-order valence-corrected chi connectivity index (χ2v) is 5.82. The highest BCUT2D eigenvalue weighted by molar-refractivity contribution is 6.04. The predicted octanol–water partition coefficient (Wildman–Crippen LogP) is 4.19. The van der Waals surface area contributed by atoms with Gasteiger partial charge in [-0.25, -0.2) is 4.98 Å². The summed E-state index contributed by atoms with van der Waals surface area (Å²) in [4.78, 5) is 20.2. The normalized spacial score (nSPS) is 10.9. The molecular formula is C20H17N3O2. The zero-order valence-corrected chi connectivity index (χ0v) is 13.5. The second kappa shape index (κ2) is 6.65. The van der Waals surface area contributed by atoms with Gasteiger partial charge in [-0.05, 0) is 36.2 Å². The number of aryl methyl sites for hydroxylation is 2. The maximum absolute atomic E-state index is 12.2. The Kier molecular flexibility index (Phi) is 4.04. The van der Waals surface area contributed by atoms with Crippen molar-refractivity contribution < 1.29 is 9.21 Å². The molecule has 5 heteroatoms. The van der Waals surface area contributed by atoms with Crippen molar-refractivity contribution in [2.24, 2.45) is 0 Å². The summed E-state index contributed by atoms with van der Waals surface area (Å²) < 4.78 is 4.96. The van der Waals surface area contributed by atoms with Crippen LogP contribution in [0.25, 0.3) is 11.0 Å². The van der Waals surface area contributed by atoms with E-state index >= 15 is 0 Å². The molecule has 2 aromatic carbocycles. The quantitative estimate of drug-likeness (QED) is 0.576. The Balaban J connectivity index is 1.49. The SMILES string of the molecule is O=C(Nc1ccccc1CCc1nc2ccccc2[nH]1)c1ccoc1. The smallest absolute Gasteiger partial charge is 0.258 e. The first-order valence-corrected chi connectivity index (χ1v) is 8.15. The number of amides is 1. The van der Waals surface area contributed by atoms with E-state index in [0.29, 0.717) is 5.56 Å². The Morgan fingerprint density at radius 2 is 1.88 bits per heavy atom. The lowest BCUT2D eigenvalue weighted by molar-refractivity contribution is 0.102. The summed E-state index contributed by atoms with van der Waals surface area (Å²) >= 11 is 0. The minimum absolute atomic E-state index is 0.176. The average molecular weight is 331 g/mol. The molecule has 5 nitrogen and oxygen atoms in total. The van der Waals surface area contributed by atoms with Gasteiger partial charge in [0.1, 0.15) is 12.1 Å². The van der Waals surface area contributed by atoms with Crippen LogP contribution in [0.2, 0.25) is 0 Å². The zero-order valence-electron chi connectivity index (χ0n) is 13.5. The summed E-state index contributed by atoms with van der Waals surface area (Å²) in [6.07, 6.45) is 4.48. The maximum Gasteiger partial charge on any atom is 0.258 e. The molecule has 0 bridgehead atoms. The van der Waals surface area contributed by atoms with Crippen LogP contribution in [0.4, 0.5) is 5.69 Å². The largest absolute Gasteiger partial charge is 0.472 e. The molecule has 25 heavy (non-hydrogen) atoms. The standard InChI is InChI=1S/C20H17N3O2/c24-20(15-11-12-25-13-15)23-16-6-2-1-5-14(16)9-10-19-21-17-7-3-4-8-18(17)22-19/h1-8,11-13H,9-10H2,(H,21,22)(H,23,24). The van der Waals surface area contributed by atoms with Crippen LogP contribution < -0.4 is 5.32 Å². The van der Waals surface area contributed by atoms with E-state index in [-0.39, 0.29) is 5.91 Å². The van der Waals surface area contributed by atoms with E-state index in [2.05, 4.69) is 15.3 Å². The van der Waals surface area contributed by atoms with Crippen molar-refractivity contribution in [3.8, 4) is 0 Å². The molecule has 0 fully saturated rings. The monoisotopic (exact) mass is 331 g/mol. The highest BCUT2D eigenvalue weighted by atomic mass is 16.3. The predicted molar refractivity (Wildman–Crippen MR) is 96.6 cm³/mol. The fourth-order valence-corrected chi connectivity index (χ4v) is 2.83. The van der Waals surface area contributed by atoms with Crippen molar-refractivity contribution in [3.05, 3.63) is 84.1 Å². The molecule has 0 aliphatic carbocycles. The van der Waals surface area contributed by atoms with Crippen LogP contribution in [-0.2, 0) is 12.8 Å². The summed E-state index contributed by atoms with van der Waals surface area (Å²) in [6.45, 7) is 0. The number of carbonyl (C=O) groups excluding carboxylic acids is 1. The first-order chi connectivity index (χ1) is 12.3. The van der Waals surface area contributed by atoms with Crippen LogP contribution in [0.5, 0.6) is 0 Å². The molecule has 0 aliphatic rings. The van der Waals surface area contributed by atoms with E-state index in [1.165, 1.54) is 12.5 Å². The number of furan rings is 1. The summed E-state index contributed by atoms with van der Waals surface area (Å²) in [5.41, 5.74) is 4.40. The molecule has 4 rings (SSSR count). The van der Waals surface area contributed by atoms with Gasteiger partial charge in [0.2, 0.25) is 0 Å². The van der Waals surface area contributed by atoms with Gasteiger partial charge in [-0.1, -0.05) is 30.3 Å². The van der Waals surface area contributed by atoms with Gasteiger partial charge in [-0.15, -0.1) is 0 Å². The molecule has 2 N–H and O–H groups in total. The number of aromatic amines is 1. The van der Waals surface area contributed by atoms with Crippen LogP contribution in [0.3, 0.4) is 0 Å². The van der Waals surface area contributed by atoms with Crippen molar-refractivity contribution in [1.82, 2.24) is 9.97 Å². The molecular weight excluding hydrogens is 314 g/mol. The molecule has 0 aliphatic heterocycles. The molecule has 0 saturated heterocycles. The van der Waals surface area contributed by atoms with Gasteiger partial charge < -0.3 is 14.7 Å². The Morgan fingerprint density at radius 3 is 2.72 bits per heavy atom. The number of hydrogen-bond acceptors (Lipinski definition) is 3. The number of carbonyl (C=O) groups is 1. The number of hydrogen-bond donors (Lipinski definition) is 2. The Morgan fingerprint density at radius 1 is 1.04 bits per heavy atom. The van der Waals surface area contributed by atoms with Crippen LogP contribution in [0, 0.1) is 0 Å². The fraction of sp³-hybridized carbons (Fsp3) is 0.100. The first-order valence-electron chi connectivity index (χ1n) is 8.15. The van der Waals surface area contributed by atoms with Crippen LogP contribution in [0.15, 0.2) is 71.5 Å². The molecule has 4 aromatic rings. The number of rotatable bonds is 5. The van der Waals surface area contributed by atoms with Crippen molar-refractivity contribution in [3.63, 3.8) is 0 Å². The molecule has 2 heterocycles. The number of anilines is 1. The Hall–Kier alpha value is -3.34. The van der Waals surface area contributed by atoms with Gasteiger partial charge in [0.25, 0.3) is 5.91 Å². The van der Waals surface area contributed by atoms with Crippen LogP contribution >= 0.6 is 0 Å². The van der Waals surface area contributed by atoms with E-state index in [0.717, 1.165) is 41.0 Å². The molecule has 1 amide bonds. The number of fused-ring (bicyclic) bond motifs is 1. The molecule has 0 unspecified atom stereocenters. The van der Waals surface area contributed by atoms with Crippen molar-refractivity contribution in [2.45, 2.75) is 12.8 Å². The van der Waals surface area contributed by atoms with Crippen LogP contribution in [0.1, 0.15) is 21.7 Å². The van der Waals surface area contributed by atoms with E-state index in [1.54, 1.807) is 6.07 Å². The van der Waals surface area contributed by atoms with Gasteiger partial charge in [0.15, 0.2) is 0 Å². The summed E-state index contributed by atoms with van der Waals surface area (Å²) in [5, 5.41) is 2.95. The molecule has 2 aromatic heterocycles. The van der Waals surface area contributed by atoms with Gasteiger partial charge in [0.05, 0.1) is 22.9 Å². The number of nitrogens with zero attached hydrogens (tertiary/aromatic N) is 1. The maximum atomic E-state index is 12.2. The van der Waals surface area contributed by atoms with E-state index in [9.17, 15) is 4.79 Å². The minimum atomic E-state index is -0.176. The highest BCUT2D eigenvalue weighted by Gasteiger charge is 2.10. The number of aromatic nitrogens is 2. The number of para-hydroxylation sites is 3. The number of H-pyrrole nitrogens is 1. The number of imidazole rings is 1. The third kappa shape index (κ3) is 3.30. The summed E-state index contributed by atoms with van der Waals surface area (Å²) in [5.74, 6) is 0.766. The zero-order chi connectivity index (χ0) is 17.1. The lowest BCUT2D eigenvalue weighted by atomic mass is 10.1. The van der Waals surface area contributed by atoms with Crippen molar-refractivity contribution >= 4 is 22.6 Å². The van der Waals surface area contributed by atoms with Gasteiger partial charge >= 0.3 is 0 Å². The van der Waals surface area contributed by atoms with E-state index in [4.69, 9.17) is 4.42 Å². The average Bonchev–Trinajstić information content (AvgIpc) is 3.30.